The van der Waals surface area contributed by atoms with Crippen LogP contribution in [0.25, 0.3) is 10.9 Å². The molecule has 0 spiro atoms. The van der Waals surface area contributed by atoms with Crippen molar-refractivity contribution in [2.45, 2.75) is 6.92 Å². The number of nitrogens with zero attached hydrogens (tertiary/aromatic N) is 1. The van der Waals surface area contributed by atoms with Gasteiger partial charge in [-0.05, 0) is 19.1 Å². The van der Waals surface area contributed by atoms with Gasteiger partial charge in [-0.2, -0.15) is 0 Å². The van der Waals surface area contributed by atoms with Crippen LogP contribution >= 0.6 is 0 Å². The predicted molar refractivity (Wildman–Crippen MR) is 51.8 cm³/mol. The van der Waals surface area contributed by atoms with Crippen LogP contribution in [0.1, 0.15) is 16.1 Å². The highest BCUT2D eigenvalue weighted by molar-refractivity contribution is 5.87. The molecule has 0 atom stereocenters. The number of hydrogen-bond donors (Lipinski definition) is 0. The lowest BCUT2D eigenvalue weighted by atomic mass is 10.1. The van der Waals surface area contributed by atoms with Crippen LogP contribution in [0.2, 0.25) is 0 Å². The average molecular weight is 189 g/mol. The Bertz CT molecular complexity index is 508. The molecular formula is C11H8FNO. The number of aromatic nitrogens is 1. The molecule has 0 aliphatic heterocycles. The molecule has 0 amide bonds. The van der Waals surface area contributed by atoms with E-state index < -0.39 is 0 Å². The summed E-state index contributed by atoms with van der Waals surface area (Å²) in [4.78, 5) is 14.7. The molecule has 0 bridgehead atoms. The Morgan fingerprint density at radius 2 is 2.21 bits per heavy atom. The average Bonchev–Trinajstić information content (AvgIpc) is 2.19. The van der Waals surface area contributed by atoms with Gasteiger partial charge in [-0.25, -0.2) is 9.37 Å². The fraction of sp³-hybridized carbons (Fsp3) is 0.0909. The van der Waals surface area contributed by atoms with E-state index in [1.165, 1.54) is 6.07 Å². The Balaban J connectivity index is 2.85. The van der Waals surface area contributed by atoms with Crippen molar-refractivity contribution >= 4 is 17.2 Å². The lowest BCUT2D eigenvalue weighted by molar-refractivity contribution is 0.112. The standard InChI is InChI=1S/C11H8FNO/c1-7-9(6-14)5-8-3-2-4-10(12)11(8)13-7/h2-6H,1H3. The molecule has 1 aromatic carbocycles. The summed E-state index contributed by atoms with van der Waals surface area (Å²) in [7, 11) is 0. The minimum atomic E-state index is -0.358. The van der Waals surface area contributed by atoms with E-state index in [-0.39, 0.29) is 5.82 Å². The first-order valence-corrected chi connectivity index (χ1v) is 4.23. The lowest BCUT2D eigenvalue weighted by Gasteiger charge is -2.02. The maximum Gasteiger partial charge on any atom is 0.151 e. The summed E-state index contributed by atoms with van der Waals surface area (Å²) in [6, 6.07) is 6.34. The molecule has 2 aromatic rings. The lowest BCUT2D eigenvalue weighted by Crippen LogP contribution is -1.93. The van der Waals surface area contributed by atoms with E-state index in [1.807, 2.05) is 0 Å². The Kier molecular flexibility index (Phi) is 2.00. The number of aryl methyl sites for hydroxylation is 1. The van der Waals surface area contributed by atoms with Crippen LogP contribution in [0.3, 0.4) is 0 Å². The summed E-state index contributed by atoms with van der Waals surface area (Å²) >= 11 is 0. The van der Waals surface area contributed by atoms with Gasteiger partial charge in [-0.3, -0.25) is 4.79 Å². The highest BCUT2D eigenvalue weighted by atomic mass is 19.1. The van der Waals surface area contributed by atoms with Crippen LogP contribution < -0.4 is 0 Å². The first-order chi connectivity index (χ1) is 6.72. The molecule has 14 heavy (non-hydrogen) atoms. The molecule has 0 unspecified atom stereocenters. The number of aldehydes is 1. The molecule has 0 N–H and O–H groups in total. The van der Waals surface area contributed by atoms with Gasteiger partial charge in [0.05, 0.1) is 0 Å². The van der Waals surface area contributed by atoms with E-state index in [0.717, 1.165) is 6.29 Å². The zero-order chi connectivity index (χ0) is 10.1. The molecular weight excluding hydrogens is 181 g/mol. The highest BCUT2D eigenvalue weighted by Crippen LogP contribution is 2.17. The normalized spacial score (nSPS) is 10.4. The van der Waals surface area contributed by atoms with Gasteiger partial charge in [0.25, 0.3) is 0 Å². The van der Waals surface area contributed by atoms with Crippen molar-refractivity contribution in [3.05, 3.63) is 41.3 Å². The maximum absolute atomic E-state index is 13.3. The molecule has 2 nitrogen and oxygen atoms in total. The molecule has 0 aliphatic carbocycles. The third kappa shape index (κ3) is 1.27. The van der Waals surface area contributed by atoms with Crippen molar-refractivity contribution in [1.29, 1.82) is 0 Å². The first-order valence-electron chi connectivity index (χ1n) is 4.23. The smallest absolute Gasteiger partial charge is 0.151 e. The van der Waals surface area contributed by atoms with Crippen LogP contribution in [0.15, 0.2) is 24.3 Å². The van der Waals surface area contributed by atoms with Crippen LogP contribution in [0, 0.1) is 12.7 Å². The van der Waals surface area contributed by atoms with Crippen LogP contribution in [0.5, 0.6) is 0 Å². The molecule has 1 aromatic heterocycles. The number of halogens is 1. The fourth-order valence-electron chi connectivity index (χ4n) is 1.39. The molecule has 2 rings (SSSR count). The number of rotatable bonds is 1. The first kappa shape index (κ1) is 8.81. The zero-order valence-electron chi connectivity index (χ0n) is 7.62. The summed E-state index contributed by atoms with van der Waals surface area (Å²) in [6.07, 6.45) is 0.729. The van der Waals surface area contributed by atoms with Gasteiger partial charge in [-0.1, -0.05) is 12.1 Å². The van der Waals surface area contributed by atoms with Gasteiger partial charge in [0.2, 0.25) is 0 Å². The molecule has 3 heteroatoms. The largest absolute Gasteiger partial charge is 0.298 e. The van der Waals surface area contributed by atoms with Crippen molar-refractivity contribution in [2.24, 2.45) is 0 Å². The number of pyridine rings is 1. The summed E-state index contributed by atoms with van der Waals surface area (Å²) in [5.41, 5.74) is 1.37. The Morgan fingerprint density at radius 3 is 2.93 bits per heavy atom. The van der Waals surface area contributed by atoms with Crippen LogP contribution in [-0.2, 0) is 0 Å². The number of carbonyl (C=O) groups excluding carboxylic acids is 1. The highest BCUT2D eigenvalue weighted by Gasteiger charge is 2.05. The van der Waals surface area contributed by atoms with E-state index in [9.17, 15) is 9.18 Å². The van der Waals surface area contributed by atoms with Gasteiger partial charge in [0.1, 0.15) is 11.3 Å². The quantitative estimate of drug-likeness (QED) is 0.645. The van der Waals surface area contributed by atoms with E-state index in [2.05, 4.69) is 4.98 Å². The van der Waals surface area contributed by atoms with Gasteiger partial charge >= 0.3 is 0 Å². The molecule has 0 saturated heterocycles. The summed E-state index contributed by atoms with van der Waals surface area (Å²) in [6.45, 7) is 1.69. The van der Waals surface area contributed by atoms with Gasteiger partial charge in [0.15, 0.2) is 6.29 Å². The van der Waals surface area contributed by atoms with Crippen molar-refractivity contribution in [2.75, 3.05) is 0 Å². The van der Waals surface area contributed by atoms with Crippen LogP contribution in [-0.4, -0.2) is 11.3 Å². The topological polar surface area (TPSA) is 30.0 Å². The van der Waals surface area contributed by atoms with E-state index in [1.54, 1.807) is 25.1 Å². The van der Waals surface area contributed by atoms with Crippen LogP contribution in [0.4, 0.5) is 4.39 Å². The monoisotopic (exact) mass is 189 g/mol. The third-order valence-corrected chi connectivity index (χ3v) is 2.15. The predicted octanol–water partition coefficient (Wildman–Crippen LogP) is 2.49. The van der Waals surface area contributed by atoms with Gasteiger partial charge in [0, 0.05) is 16.6 Å². The molecule has 70 valence electrons. The molecule has 1 heterocycles. The summed E-state index contributed by atoms with van der Waals surface area (Å²) < 4.78 is 13.3. The van der Waals surface area contributed by atoms with E-state index in [0.29, 0.717) is 22.2 Å². The van der Waals surface area contributed by atoms with Crippen molar-refractivity contribution in [3.63, 3.8) is 0 Å². The minimum absolute atomic E-state index is 0.315. The molecule has 0 radical (unpaired) electrons. The zero-order valence-corrected chi connectivity index (χ0v) is 7.62. The second-order valence-corrected chi connectivity index (χ2v) is 3.09. The number of carbonyl (C=O) groups is 1. The second kappa shape index (κ2) is 3.18. The number of para-hydroxylation sites is 1. The Labute approximate surface area is 80.4 Å². The number of benzene rings is 1. The minimum Gasteiger partial charge on any atom is -0.298 e. The summed E-state index contributed by atoms with van der Waals surface area (Å²) in [5, 5.41) is 0.651. The summed E-state index contributed by atoms with van der Waals surface area (Å²) in [5.74, 6) is -0.358. The molecule has 0 saturated carbocycles. The van der Waals surface area contributed by atoms with Crippen molar-refractivity contribution in [3.8, 4) is 0 Å². The fourth-order valence-corrected chi connectivity index (χ4v) is 1.39. The Hall–Kier alpha value is -1.77. The Morgan fingerprint density at radius 1 is 1.43 bits per heavy atom. The van der Waals surface area contributed by atoms with Crippen molar-refractivity contribution in [1.82, 2.24) is 4.98 Å². The number of hydrogen-bond acceptors (Lipinski definition) is 2. The van der Waals surface area contributed by atoms with Gasteiger partial charge < -0.3 is 0 Å². The second-order valence-electron chi connectivity index (χ2n) is 3.09. The molecule has 0 aliphatic rings. The number of fused-ring (bicyclic) bond motifs is 1. The third-order valence-electron chi connectivity index (χ3n) is 2.15. The van der Waals surface area contributed by atoms with Gasteiger partial charge in [-0.15, -0.1) is 0 Å². The van der Waals surface area contributed by atoms with E-state index in [4.69, 9.17) is 0 Å². The SMILES string of the molecule is Cc1nc2c(F)cccc2cc1C=O. The van der Waals surface area contributed by atoms with Crippen molar-refractivity contribution < 1.29 is 9.18 Å². The maximum atomic E-state index is 13.3. The molecule has 0 fully saturated rings. The van der Waals surface area contributed by atoms with E-state index >= 15 is 0 Å².